The van der Waals surface area contributed by atoms with E-state index in [0.717, 1.165) is 26.1 Å². The first-order valence-corrected chi connectivity index (χ1v) is 11.8. The molecule has 1 fully saturated rings. The number of anilines is 1. The monoisotopic (exact) mass is 472 g/mol. The molecular weight excluding hydrogens is 439 g/mol. The maximum Gasteiger partial charge on any atom is 0.317 e. The Bertz CT molecular complexity index is 709. The molecule has 0 atom stereocenters. The van der Waals surface area contributed by atoms with Gasteiger partial charge in [0.05, 0.1) is 10.0 Å². The van der Waals surface area contributed by atoms with Gasteiger partial charge in [-0.3, -0.25) is 4.79 Å². The number of pyridine rings is 1. The zero-order chi connectivity index (χ0) is 22.6. The van der Waals surface area contributed by atoms with Gasteiger partial charge in [0.1, 0.15) is 5.82 Å². The summed E-state index contributed by atoms with van der Waals surface area (Å²) in [5.74, 6) is 0.623. The van der Waals surface area contributed by atoms with Crippen LogP contribution in [0.25, 0.3) is 0 Å². The minimum atomic E-state index is -0.116. The van der Waals surface area contributed by atoms with E-state index < -0.39 is 0 Å². The molecule has 1 aliphatic heterocycles. The number of piperidine rings is 1. The molecular formula is C21H34Cl2N6O2. The van der Waals surface area contributed by atoms with E-state index in [2.05, 4.69) is 39.7 Å². The second-order valence-corrected chi connectivity index (χ2v) is 8.42. The molecule has 0 aliphatic carbocycles. The summed E-state index contributed by atoms with van der Waals surface area (Å²) >= 11 is 11.9. The molecule has 0 aromatic carbocycles. The van der Waals surface area contributed by atoms with Gasteiger partial charge in [0.15, 0.2) is 0 Å². The number of amides is 3. The van der Waals surface area contributed by atoms with Crippen molar-refractivity contribution in [3.8, 4) is 0 Å². The van der Waals surface area contributed by atoms with E-state index in [1.54, 1.807) is 11.0 Å². The summed E-state index contributed by atoms with van der Waals surface area (Å²) in [7, 11) is 0. The van der Waals surface area contributed by atoms with Crippen molar-refractivity contribution in [3.63, 3.8) is 0 Å². The van der Waals surface area contributed by atoms with E-state index >= 15 is 0 Å². The maximum absolute atomic E-state index is 12.4. The number of likely N-dealkylation sites (tertiary alicyclic amines) is 1. The van der Waals surface area contributed by atoms with Crippen LogP contribution in [0.3, 0.4) is 0 Å². The first kappa shape index (κ1) is 25.5. The fourth-order valence-electron chi connectivity index (χ4n) is 3.55. The Kier molecular flexibility index (Phi) is 11.2. The maximum atomic E-state index is 12.4. The van der Waals surface area contributed by atoms with Crippen LogP contribution in [0.1, 0.15) is 33.1 Å². The van der Waals surface area contributed by atoms with Crippen LogP contribution in [0.4, 0.5) is 10.6 Å². The molecule has 1 aliphatic rings. The number of hydrogen-bond donors (Lipinski definition) is 3. The second kappa shape index (κ2) is 13.6. The van der Waals surface area contributed by atoms with Gasteiger partial charge >= 0.3 is 6.03 Å². The zero-order valence-corrected chi connectivity index (χ0v) is 19.9. The van der Waals surface area contributed by atoms with Gasteiger partial charge in [-0.1, -0.05) is 37.0 Å². The molecule has 31 heavy (non-hydrogen) atoms. The molecule has 174 valence electrons. The van der Waals surface area contributed by atoms with Gasteiger partial charge in [-0.25, -0.2) is 9.78 Å². The van der Waals surface area contributed by atoms with Gasteiger partial charge in [-0.2, -0.15) is 0 Å². The lowest BCUT2D eigenvalue weighted by Crippen LogP contribution is -2.47. The third kappa shape index (κ3) is 8.71. The topological polar surface area (TPSA) is 89.6 Å². The zero-order valence-electron chi connectivity index (χ0n) is 18.4. The fraction of sp³-hybridized carbons (Fsp3) is 0.667. The van der Waals surface area contributed by atoms with Crippen LogP contribution in [0.2, 0.25) is 10.0 Å². The lowest BCUT2D eigenvalue weighted by molar-refractivity contribution is -0.126. The van der Waals surface area contributed by atoms with Crippen molar-refractivity contribution in [1.82, 2.24) is 25.4 Å². The SMILES string of the molecule is CCN(CC)CCCNC(=O)C1CCN(C(=O)NCCNc2ncc(Cl)cc2Cl)CC1. The summed E-state index contributed by atoms with van der Waals surface area (Å²) in [6.45, 7) is 10.2. The number of carbonyl (C=O) groups is 2. The third-order valence-corrected chi connectivity index (χ3v) is 5.99. The third-order valence-electron chi connectivity index (χ3n) is 5.50. The van der Waals surface area contributed by atoms with Gasteiger partial charge in [0.25, 0.3) is 0 Å². The van der Waals surface area contributed by atoms with E-state index in [9.17, 15) is 9.59 Å². The molecule has 1 aromatic heterocycles. The average Bonchev–Trinajstić information content (AvgIpc) is 2.77. The lowest BCUT2D eigenvalue weighted by atomic mass is 9.96. The van der Waals surface area contributed by atoms with Crippen molar-refractivity contribution in [1.29, 1.82) is 0 Å². The highest BCUT2D eigenvalue weighted by molar-refractivity contribution is 6.35. The van der Waals surface area contributed by atoms with Crippen LogP contribution in [0.15, 0.2) is 12.3 Å². The van der Waals surface area contributed by atoms with E-state index in [-0.39, 0.29) is 17.9 Å². The Morgan fingerprint density at radius 3 is 2.48 bits per heavy atom. The highest BCUT2D eigenvalue weighted by Crippen LogP contribution is 2.22. The van der Waals surface area contributed by atoms with Gasteiger partial charge < -0.3 is 25.8 Å². The van der Waals surface area contributed by atoms with Crippen LogP contribution < -0.4 is 16.0 Å². The quantitative estimate of drug-likeness (QED) is 0.430. The van der Waals surface area contributed by atoms with E-state index in [1.165, 1.54) is 6.20 Å². The summed E-state index contributed by atoms with van der Waals surface area (Å²) < 4.78 is 0. The minimum absolute atomic E-state index is 0.0164. The van der Waals surface area contributed by atoms with E-state index in [4.69, 9.17) is 23.2 Å². The summed E-state index contributed by atoms with van der Waals surface area (Å²) in [6, 6.07) is 1.50. The Hall–Kier alpha value is -1.77. The Morgan fingerprint density at radius 1 is 1.13 bits per heavy atom. The Balaban J connectivity index is 1.59. The number of aromatic nitrogens is 1. The molecule has 0 bridgehead atoms. The van der Waals surface area contributed by atoms with Crippen molar-refractivity contribution >= 4 is 41.0 Å². The van der Waals surface area contributed by atoms with Crippen molar-refractivity contribution in [2.75, 3.05) is 57.7 Å². The molecule has 2 heterocycles. The molecule has 3 amide bonds. The van der Waals surface area contributed by atoms with Gasteiger partial charge in [0, 0.05) is 44.8 Å². The minimum Gasteiger partial charge on any atom is -0.367 e. The van der Waals surface area contributed by atoms with Crippen LogP contribution in [-0.2, 0) is 4.79 Å². The summed E-state index contributed by atoms with van der Waals surface area (Å²) in [6.07, 6.45) is 3.86. The fourth-order valence-corrected chi connectivity index (χ4v) is 4.00. The predicted octanol–water partition coefficient (Wildman–Crippen LogP) is 3.07. The predicted molar refractivity (Wildman–Crippen MR) is 126 cm³/mol. The van der Waals surface area contributed by atoms with Crippen LogP contribution in [0, 0.1) is 5.92 Å². The molecule has 3 N–H and O–H groups in total. The van der Waals surface area contributed by atoms with E-state index in [1.807, 2.05) is 0 Å². The van der Waals surface area contributed by atoms with Crippen molar-refractivity contribution in [3.05, 3.63) is 22.3 Å². The molecule has 8 nitrogen and oxygen atoms in total. The smallest absolute Gasteiger partial charge is 0.317 e. The summed E-state index contributed by atoms with van der Waals surface area (Å²) in [4.78, 5) is 33.0. The number of rotatable bonds is 11. The Morgan fingerprint density at radius 2 is 1.84 bits per heavy atom. The summed E-state index contributed by atoms with van der Waals surface area (Å²) in [5.41, 5.74) is 0. The molecule has 0 radical (unpaired) electrons. The van der Waals surface area contributed by atoms with Gasteiger partial charge in [0.2, 0.25) is 5.91 Å². The number of urea groups is 1. The molecule has 1 saturated heterocycles. The first-order valence-electron chi connectivity index (χ1n) is 11.0. The number of nitrogens with one attached hydrogen (secondary N) is 3. The molecule has 0 unspecified atom stereocenters. The summed E-state index contributed by atoms with van der Waals surface area (Å²) in [5, 5.41) is 9.91. The number of nitrogens with zero attached hydrogens (tertiary/aromatic N) is 3. The Labute approximate surface area is 195 Å². The largest absolute Gasteiger partial charge is 0.367 e. The van der Waals surface area contributed by atoms with Crippen molar-refractivity contribution in [2.45, 2.75) is 33.1 Å². The molecule has 0 spiro atoms. The molecule has 0 saturated carbocycles. The molecule has 1 aromatic rings. The van der Waals surface area contributed by atoms with Gasteiger partial charge in [-0.15, -0.1) is 0 Å². The normalized spacial score (nSPS) is 14.5. The standard InChI is InChI=1S/C21H34Cl2N6O2/c1-3-28(4-2)11-5-8-25-20(30)16-6-12-29(13-7-16)21(31)26-10-9-24-19-18(23)14-17(22)15-27-19/h14-16H,3-13H2,1-2H3,(H,24,27)(H,25,30)(H,26,31). The van der Waals surface area contributed by atoms with Crippen molar-refractivity contribution in [2.24, 2.45) is 5.92 Å². The van der Waals surface area contributed by atoms with Crippen molar-refractivity contribution < 1.29 is 9.59 Å². The lowest BCUT2D eigenvalue weighted by Gasteiger charge is -2.31. The van der Waals surface area contributed by atoms with E-state index in [0.29, 0.717) is 61.4 Å². The highest BCUT2D eigenvalue weighted by Gasteiger charge is 2.26. The van der Waals surface area contributed by atoms with Crippen LogP contribution in [-0.4, -0.2) is 79.1 Å². The number of halogens is 2. The second-order valence-electron chi connectivity index (χ2n) is 7.58. The first-order chi connectivity index (χ1) is 14.9. The number of carbonyl (C=O) groups excluding carboxylic acids is 2. The molecule has 10 heteroatoms. The van der Waals surface area contributed by atoms with Crippen LogP contribution >= 0.6 is 23.2 Å². The van der Waals surface area contributed by atoms with Gasteiger partial charge in [-0.05, 0) is 45.0 Å². The molecule has 2 rings (SSSR count). The van der Waals surface area contributed by atoms with Crippen LogP contribution in [0.5, 0.6) is 0 Å². The number of hydrogen-bond acceptors (Lipinski definition) is 5. The average molecular weight is 473 g/mol. The highest BCUT2D eigenvalue weighted by atomic mass is 35.5.